The summed E-state index contributed by atoms with van der Waals surface area (Å²) in [7, 11) is 0. The van der Waals surface area contributed by atoms with E-state index in [1.165, 1.54) is 64.5 Å². The van der Waals surface area contributed by atoms with Gasteiger partial charge in [-0.15, -0.1) is 0 Å². The van der Waals surface area contributed by atoms with Gasteiger partial charge >= 0.3 is 0 Å². The van der Waals surface area contributed by atoms with Gasteiger partial charge in [0.15, 0.2) is 0 Å². The first-order chi connectivity index (χ1) is 9.74. The molecule has 2 heterocycles. The Balaban J connectivity index is 1.55. The summed E-state index contributed by atoms with van der Waals surface area (Å²) >= 11 is 0. The maximum Gasteiger partial charge on any atom is 0.0710 e. The van der Waals surface area contributed by atoms with Crippen LogP contribution in [0, 0.1) is 0 Å². The van der Waals surface area contributed by atoms with Crippen LogP contribution >= 0.6 is 0 Å². The van der Waals surface area contributed by atoms with Crippen molar-refractivity contribution in [2.24, 2.45) is 0 Å². The third kappa shape index (κ3) is 3.05. The van der Waals surface area contributed by atoms with Crippen LogP contribution in [-0.4, -0.2) is 48.3 Å². The van der Waals surface area contributed by atoms with Crippen LogP contribution in [0.1, 0.15) is 65.2 Å². The minimum Gasteiger partial charge on any atom is -0.370 e. The second-order valence-corrected chi connectivity index (χ2v) is 7.20. The van der Waals surface area contributed by atoms with Crippen LogP contribution in [0.5, 0.6) is 0 Å². The Labute approximate surface area is 124 Å². The molecule has 3 aliphatic rings. The Bertz CT molecular complexity index is 314. The van der Waals surface area contributed by atoms with Crippen molar-refractivity contribution >= 4 is 0 Å². The summed E-state index contributed by atoms with van der Waals surface area (Å²) in [4.78, 5) is 2.71. The van der Waals surface area contributed by atoms with Gasteiger partial charge in [0.1, 0.15) is 0 Å². The summed E-state index contributed by atoms with van der Waals surface area (Å²) in [5, 5.41) is 3.69. The third-order valence-electron chi connectivity index (χ3n) is 5.87. The summed E-state index contributed by atoms with van der Waals surface area (Å²) in [5.74, 6) is 0. The lowest BCUT2D eigenvalue weighted by atomic mass is 9.98. The molecule has 1 aliphatic carbocycles. The maximum absolute atomic E-state index is 6.51. The minimum atomic E-state index is 0.296. The van der Waals surface area contributed by atoms with E-state index in [1.807, 2.05) is 0 Å². The van der Waals surface area contributed by atoms with E-state index in [9.17, 15) is 0 Å². The quantitative estimate of drug-likeness (QED) is 0.857. The molecule has 116 valence electrons. The number of nitrogens with zero attached hydrogens (tertiary/aromatic N) is 1. The van der Waals surface area contributed by atoms with Crippen LogP contribution in [0.3, 0.4) is 0 Å². The summed E-state index contributed by atoms with van der Waals surface area (Å²) in [6.07, 6.45) is 11.0. The zero-order valence-corrected chi connectivity index (χ0v) is 13.4. The number of hydrogen-bond acceptors (Lipinski definition) is 3. The van der Waals surface area contributed by atoms with E-state index in [0.717, 1.165) is 6.54 Å². The van der Waals surface area contributed by atoms with Crippen molar-refractivity contribution in [3.8, 4) is 0 Å². The van der Waals surface area contributed by atoms with Crippen LogP contribution in [0.4, 0.5) is 0 Å². The summed E-state index contributed by atoms with van der Waals surface area (Å²) < 4.78 is 6.51. The Hall–Kier alpha value is -0.120. The van der Waals surface area contributed by atoms with Gasteiger partial charge in [0.2, 0.25) is 0 Å². The average Bonchev–Trinajstić information content (AvgIpc) is 3.09. The minimum absolute atomic E-state index is 0.296. The zero-order valence-electron chi connectivity index (χ0n) is 13.4. The van der Waals surface area contributed by atoms with Crippen molar-refractivity contribution in [2.75, 3.05) is 19.6 Å². The molecule has 3 atom stereocenters. The smallest absolute Gasteiger partial charge is 0.0710 e. The van der Waals surface area contributed by atoms with Crippen LogP contribution in [0.25, 0.3) is 0 Å². The molecule has 2 saturated heterocycles. The molecule has 3 nitrogen and oxygen atoms in total. The summed E-state index contributed by atoms with van der Waals surface area (Å²) in [6.45, 7) is 8.15. The molecular weight excluding hydrogens is 248 g/mol. The fourth-order valence-corrected chi connectivity index (χ4v) is 4.50. The molecule has 3 rings (SSSR count). The Morgan fingerprint density at radius 3 is 2.65 bits per heavy atom. The van der Waals surface area contributed by atoms with E-state index in [0.29, 0.717) is 23.8 Å². The predicted molar refractivity (Wildman–Crippen MR) is 83.0 cm³/mol. The van der Waals surface area contributed by atoms with Crippen molar-refractivity contribution in [2.45, 2.75) is 89.0 Å². The van der Waals surface area contributed by atoms with Crippen LogP contribution in [-0.2, 0) is 4.74 Å². The molecule has 0 aromatic carbocycles. The van der Waals surface area contributed by atoms with Crippen molar-refractivity contribution < 1.29 is 4.74 Å². The van der Waals surface area contributed by atoms with E-state index < -0.39 is 0 Å². The first-order valence-electron chi connectivity index (χ1n) is 8.90. The first kappa shape index (κ1) is 14.8. The molecule has 3 fully saturated rings. The topological polar surface area (TPSA) is 24.5 Å². The Morgan fingerprint density at radius 2 is 1.95 bits per heavy atom. The largest absolute Gasteiger partial charge is 0.370 e. The summed E-state index contributed by atoms with van der Waals surface area (Å²) in [5.41, 5.74) is 0.296. The third-order valence-corrected chi connectivity index (χ3v) is 5.87. The number of rotatable bonds is 4. The van der Waals surface area contributed by atoms with Gasteiger partial charge in [-0.2, -0.15) is 0 Å². The predicted octanol–water partition coefficient (Wildman–Crippen LogP) is 2.94. The maximum atomic E-state index is 6.51. The number of hydrogen-bond donors (Lipinski definition) is 1. The van der Waals surface area contributed by atoms with E-state index in [2.05, 4.69) is 24.1 Å². The normalized spacial score (nSPS) is 37.8. The fraction of sp³-hybridized carbons (Fsp3) is 1.00. The second kappa shape index (κ2) is 6.33. The van der Waals surface area contributed by atoms with Gasteiger partial charge in [-0.25, -0.2) is 0 Å². The molecule has 0 aromatic rings. The Kier molecular flexibility index (Phi) is 4.68. The van der Waals surface area contributed by atoms with Gasteiger partial charge in [-0.1, -0.05) is 26.7 Å². The molecule has 3 unspecified atom stereocenters. The SMILES string of the molecule is CCC1CN(CC2CCC3(CCCC3)O2)C(CC)CN1. The fourth-order valence-electron chi connectivity index (χ4n) is 4.50. The molecule has 1 N–H and O–H groups in total. The van der Waals surface area contributed by atoms with E-state index >= 15 is 0 Å². The van der Waals surface area contributed by atoms with Crippen LogP contribution in [0.2, 0.25) is 0 Å². The van der Waals surface area contributed by atoms with Crippen LogP contribution in [0.15, 0.2) is 0 Å². The molecule has 1 spiro atoms. The average molecular weight is 280 g/mol. The molecule has 1 saturated carbocycles. The van der Waals surface area contributed by atoms with Gasteiger partial charge in [-0.3, -0.25) is 4.90 Å². The lowest BCUT2D eigenvalue weighted by Crippen LogP contribution is -2.57. The first-order valence-corrected chi connectivity index (χ1v) is 8.90. The molecular formula is C17H32N2O. The highest BCUT2D eigenvalue weighted by atomic mass is 16.5. The van der Waals surface area contributed by atoms with E-state index in [4.69, 9.17) is 4.74 Å². The highest BCUT2D eigenvalue weighted by Gasteiger charge is 2.43. The zero-order chi connectivity index (χ0) is 14.0. The van der Waals surface area contributed by atoms with Gasteiger partial charge in [-0.05, 0) is 38.5 Å². The molecule has 2 aliphatic heterocycles. The lowest BCUT2D eigenvalue weighted by molar-refractivity contribution is -0.0551. The molecule has 20 heavy (non-hydrogen) atoms. The molecule has 0 aromatic heterocycles. The number of nitrogens with one attached hydrogen (secondary N) is 1. The number of ether oxygens (including phenoxy) is 1. The molecule has 0 radical (unpaired) electrons. The van der Waals surface area contributed by atoms with Crippen molar-refractivity contribution in [3.63, 3.8) is 0 Å². The van der Waals surface area contributed by atoms with Crippen molar-refractivity contribution in [3.05, 3.63) is 0 Å². The van der Waals surface area contributed by atoms with E-state index in [1.54, 1.807) is 0 Å². The standard InChI is InChI=1S/C17H32N2O/c1-3-14-12-19(15(4-2)11-18-14)13-16-7-10-17(20-16)8-5-6-9-17/h14-16,18H,3-13H2,1-2H3. The van der Waals surface area contributed by atoms with Gasteiger partial charge in [0.25, 0.3) is 0 Å². The van der Waals surface area contributed by atoms with Gasteiger partial charge in [0, 0.05) is 31.7 Å². The summed E-state index contributed by atoms with van der Waals surface area (Å²) in [6, 6.07) is 1.39. The van der Waals surface area contributed by atoms with Crippen LogP contribution < -0.4 is 5.32 Å². The highest BCUT2D eigenvalue weighted by Crippen LogP contribution is 2.43. The molecule has 0 amide bonds. The number of piperazine rings is 1. The monoisotopic (exact) mass is 280 g/mol. The molecule has 3 heteroatoms. The highest BCUT2D eigenvalue weighted by molar-refractivity contribution is 4.95. The Morgan fingerprint density at radius 1 is 1.15 bits per heavy atom. The lowest BCUT2D eigenvalue weighted by Gasteiger charge is -2.41. The van der Waals surface area contributed by atoms with Crippen molar-refractivity contribution in [1.29, 1.82) is 0 Å². The molecule has 0 bridgehead atoms. The van der Waals surface area contributed by atoms with E-state index in [-0.39, 0.29) is 0 Å². The second-order valence-electron chi connectivity index (χ2n) is 7.20. The van der Waals surface area contributed by atoms with Gasteiger partial charge < -0.3 is 10.1 Å². The van der Waals surface area contributed by atoms with Gasteiger partial charge in [0.05, 0.1) is 11.7 Å². The van der Waals surface area contributed by atoms with Crippen molar-refractivity contribution in [1.82, 2.24) is 10.2 Å².